The van der Waals surface area contributed by atoms with Crippen molar-refractivity contribution in [1.82, 2.24) is 10.0 Å². The number of aryl methyl sites for hydroxylation is 1. The molecule has 5 aromatic rings. The zero-order chi connectivity index (χ0) is 22.2. The fourth-order valence-electron chi connectivity index (χ4n) is 4.60. The van der Waals surface area contributed by atoms with Gasteiger partial charge in [-0.2, -0.15) is 0 Å². The number of fused-ring (bicyclic) bond motifs is 2. The van der Waals surface area contributed by atoms with Gasteiger partial charge >= 0.3 is 0 Å². The summed E-state index contributed by atoms with van der Waals surface area (Å²) in [6, 6.07) is 28.0. The van der Waals surface area contributed by atoms with E-state index in [1.165, 1.54) is 12.1 Å². The second-order valence-electron chi connectivity index (χ2n) is 7.86. The minimum absolute atomic E-state index is 0.439. The van der Waals surface area contributed by atoms with Gasteiger partial charge in [0.15, 0.2) is 0 Å². The molecule has 0 spiro atoms. The molecule has 1 atom stereocenters. The molecule has 0 aliphatic heterocycles. The van der Waals surface area contributed by atoms with Crippen LogP contribution in [0, 0.1) is 5.82 Å². The van der Waals surface area contributed by atoms with Gasteiger partial charge in [0.05, 0.1) is 11.6 Å². The molecule has 0 bridgehead atoms. The number of benzene rings is 4. The number of carbonyl (C=O) groups excluding carboxylic acids is 1. The van der Waals surface area contributed by atoms with E-state index in [2.05, 4.69) is 18.2 Å². The number of halogens is 1. The van der Waals surface area contributed by atoms with Crippen molar-refractivity contribution in [3.05, 3.63) is 108 Å². The lowest BCUT2D eigenvalue weighted by Gasteiger charge is -2.19. The fourth-order valence-corrected chi connectivity index (χ4v) is 4.60. The minimum atomic E-state index is -0.900. The van der Waals surface area contributed by atoms with Crippen LogP contribution in [0.5, 0.6) is 0 Å². The first kappa shape index (κ1) is 20.0. The van der Waals surface area contributed by atoms with Gasteiger partial charge in [0, 0.05) is 23.5 Å². The van der Waals surface area contributed by atoms with Crippen LogP contribution in [0.25, 0.3) is 32.9 Å². The van der Waals surface area contributed by atoms with Gasteiger partial charge in [0.2, 0.25) is 0 Å². The Balaban J connectivity index is 1.86. The highest BCUT2D eigenvalue weighted by molar-refractivity contribution is 6.00. The number of nitrogens with zero attached hydrogens (tertiary/aromatic N) is 1. The van der Waals surface area contributed by atoms with Crippen LogP contribution in [0.4, 0.5) is 4.39 Å². The molecule has 4 aromatic carbocycles. The maximum absolute atomic E-state index is 14.1. The first-order valence-corrected chi connectivity index (χ1v) is 10.3. The van der Waals surface area contributed by atoms with Gasteiger partial charge in [0.25, 0.3) is 5.91 Å². The summed E-state index contributed by atoms with van der Waals surface area (Å²) in [6.07, 6.45) is 0. The summed E-state index contributed by atoms with van der Waals surface area (Å²) in [4.78, 5) is 13.0. The molecule has 1 aromatic heterocycles. The average Bonchev–Trinajstić information content (AvgIpc) is 3.11. The average molecular weight is 424 g/mol. The Kier molecular flexibility index (Phi) is 4.96. The van der Waals surface area contributed by atoms with Crippen LogP contribution in [0.2, 0.25) is 0 Å². The van der Waals surface area contributed by atoms with E-state index in [0.29, 0.717) is 5.56 Å². The summed E-state index contributed by atoms with van der Waals surface area (Å²) in [5, 5.41) is 12.6. The van der Waals surface area contributed by atoms with Crippen LogP contribution >= 0.6 is 0 Å². The Bertz CT molecular complexity index is 1470. The number of rotatable bonds is 4. The molecule has 4 nitrogen and oxygen atoms in total. The van der Waals surface area contributed by atoms with Crippen molar-refractivity contribution in [2.75, 3.05) is 0 Å². The van der Waals surface area contributed by atoms with E-state index < -0.39 is 17.6 Å². The number of hydroxylamine groups is 1. The summed E-state index contributed by atoms with van der Waals surface area (Å²) in [5.74, 6) is -1.96. The van der Waals surface area contributed by atoms with E-state index in [4.69, 9.17) is 0 Å². The molecule has 0 radical (unpaired) electrons. The molecular weight excluding hydrogens is 403 g/mol. The van der Waals surface area contributed by atoms with Crippen LogP contribution in [0.1, 0.15) is 17.0 Å². The highest BCUT2D eigenvalue weighted by Crippen LogP contribution is 2.41. The normalized spacial score (nSPS) is 12.2. The van der Waals surface area contributed by atoms with E-state index in [9.17, 15) is 14.4 Å². The van der Waals surface area contributed by atoms with Crippen molar-refractivity contribution in [1.29, 1.82) is 0 Å². The highest BCUT2D eigenvalue weighted by Gasteiger charge is 2.30. The maximum Gasteiger partial charge on any atom is 0.255 e. The van der Waals surface area contributed by atoms with E-state index in [1.807, 2.05) is 60.1 Å². The van der Waals surface area contributed by atoms with Crippen molar-refractivity contribution >= 4 is 27.6 Å². The first-order valence-electron chi connectivity index (χ1n) is 10.3. The molecule has 2 N–H and O–H groups in total. The Morgan fingerprint density at radius 2 is 1.66 bits per heavy atom. The van der Waals surface area contributed by atoms with Gasteiger partial charge < -0.3 is 4.57 Å². The Labute approximate surface area is 184 Å². The fraction of sp³-hybridized carbons (Fsp3) is 0.0741. The summed E-state index contributed by atoms with van der Waals surface area (Å²) in [5.41, 5.74) is 5.70. The van der Waals surface area contributed by atoms with Gasteiger partial charge in [-0.3, -0.25) is 10.0 Å². The van der Waals surface area contributed by atoms with Gasteiger partial charge in [-0.25, -0.2) is 9.87 Å². The Morgan fingerprint density at radius 3 is 2.44 bits per heavy atom. The molecule has 5 rings (SSSR count). The summed E-state index contributed by atoms with van der Waals surface area (Å²) < 4.78 is 16.2. The standard InChI is InChI=1S/C27H21FN2O2/c1-30-23-12-5-4-11-22(23)25(24(27(31)29-32)19-9-6-10-21(28)16-19)26(30)20-14-13-17-7-2-3-8-18(17)15-20/h2-16,24,32H,1H3,(H,29,31). The van der Waals surface area contributed by atoms with Gasteiger partial charge in [-0.1, -0.05) is 66.7 Å². The molecule has 1 unspecified atom stereocenters. The molecule has 5 heteroatoms. The van der Waals surface area contributed by atoms with Crippen LogP contribution in [0.15, 0.2) is 91.0 Å². The van der Waals surface area contributed by atoms with Gasteiger partial charge in [-0.15, -0.1) is 0 Å². The molecule has 32 heavy (non-hydrogen) atoms. The summed E-state index contributed by atoms with van der Waals surface area (Å²) in [7, 11) is 1.95. The molecule has 0 aliphatic carbocycles. The quantitative estimate of drug-likeness (QED) is 0.284. The van der Waals surface area contributed by atoms with Crippen LogP contribution in [0.3, 0.4) is 0 Å². The first-order chi connectivity index (χ1) is 15.6. The molecular formula is C27H21FN2O2. The number of para-hydroxylation sites is 1. The van der Waals surface area contributed by atoms with Crippen molar-refractivity contribution in [2.45, 2.75) is 5.92 Å². The number of nitrogens with one attached hydrogen (secondary N) is 1. The minimum Gasteiger partial charge on any atom is -0.343 e. The molecule has 0 saturated carbocycles. The number of carbonyl (C=O) groups is 1. The number of hydrogen-bond donors (Lipinski definition) is 2. The third-order valence-corrected chi connectivity index (χ3v) is 6.01. The Hall–Kier alpha value is -3.96. The topological polar surface area (TPSA) is 54.3 Å². The monoisotopic (exact) mass is 424 g/mol. The molecule has 1 heterocycles. The van der Waals surface area contributed by atoms with Crippen molar-refractivity contribution in [2.24, 2.45) is 7.05 Å². The smallest absolute Gasteiger partial charge is 0.255 e. The summed E-state index contributed by atoms with van der Waals surface area (Å²) in [6.45, 7) is 0. The van der Waals surface area contributed by atoms with Crippen molar-refractivity contribution < 1.29 is 14.4 Å². The van der Waals surface area contributed by atoms with E-state index >= 15 is 0 Å². The van der Waals surface area contributed by atoms with Gasteiger partial charge in [0.1, 0.15) is 5.82 Å². The third kappa shape index (κ3) is 3.24. The molecule has 0 saturated heterocycles. The highest BCUT2D eigenvalue weighted by atomic mass is 19.1. The number of amides is 1. The summed E-state index contributed by atoms with van der Waals surface area (Å²) >= 11 is 0. The number of hydrogen-bond acceptors (Lipinski definition) is 2. The molecule has 158 valence electrons. The van der Waals surface area contributed by atoms with Crippen LogP contribution in [-0.2, 0) is 11.8 Å². The lowest BCUT2D eigenvalue weighted by Crippen LogP contribution is -2.27. The van der Waals surface area contributed by atoms with Crippen LogP contribution in [-0.4, -0.2) is 15.7 Å². The lowest BCUT2D eigenvalue weighted by atomic mass is 9.86. The van der Waals surface area contributed by atoms with Crippen LogP contribution < -0.4 is 5.48 Å². The van der Waals surface area contributed by atoms with Crippen molar-refractivity contribution in [3.63, 3.8) is 0 Å². The molecule has 1 amide bonds. The van der Waals surface area contributed by atoms with E-state index in [-0.39, 0.29) is 0 Å². The van der Waals surface area contributed by atoms with Crippen molar-refractivity contribution in [3.8, 4) is 11.3 Å². The second kappa shape index (κ2) is 7.94. The van der Waals surface area contributed by atoms with E-state index in [0.717, 1.165) is 38.5 Å². The second-order valence-corrected chi connectivity index (χ2v) is 7.86. The largest absolute Gasteiger partial charge is 0.343 e. The zero-order valence-corrected chi connectivity index (χ0v) is 17.4. The predicted molar refractivity (Wildman–Crippen MR) is 124 cm³/mol. The van der Waals surface area contributed by atoms with Gasteiger partial charge in [-0.05, 0) is 46.2 Å². The van der Waals surface area contributed by atoms with E-state index in [1.54, 1.807) is 17.6 Å². The third-order valence-electron chi connectivity index (χ3n) is 6.01. The molecule has 0 aliphatic rings. The maximum atomic E-state index is 14.1. The molecule has 0 fully saturated rings. The Morgan fingerprint density at radius 1 is 0.906 bits per heavy atom. The SMILES string of the molecule is Cn1c(-c2ccc3ccccc3c2)c(C(C(=O)NO)c2cccc(F)c2)c2ccccc21. The zero-order valence-electron chi connectivity index (χ0n) is 17.4. The number of aromatic nitrogens is 1. The lowest BCUT2D eigenvalue weighted by molar-refractivity contribution is -0.129. The predicted octanol–water partition coefficient (Wildman–Crippen LogP) is 5.77.